The summed E-state index contributed by atoms with van der Waals surface area (Å²) in [5, 5.41) is 14.7. The van der Waals surface area contributed by atoms with Gasteiger partial charge in [-0.15, -0.1) is 5.10 Å². The number of esters is 1. The van der Waals surface area contributed by atoms with Gasteiger partial charge in [-0.2, -0.15) is 0 Å². The van der Waals surface area contributed by atoms with Crippen LogP contribution >= 0.6 is 0 Å². The van der Waals surface area contributed by atoms with Crippen molar-refractivity contribution in [3.05, 3.63) is 72.2 Å². The molecule has 1 atom stereocenters. The molecule has 0 aliphatic heterocycles. The zero-order chi connectivity index (χ0) is 20.2. The van der Waals surface area contributed by atoms with Gasteiger partial charge in [-0.25, -0.2) is 9.48 Å². The number of fused-ring (bicyclic) bond motifs is 1. The molecule has 0 saturated heterocycles. The van der Waals surface area contributed by atoms with Gasteiger partial charge < -0.3 is 15.0 Å². The van der Waals surface area contributed by atoms with Gasteiger partial charge in [0.05, 0.1) is 12.8 Å². The van der Waals surface area contributed by atoms with E-state index < -0.39 is 12.0 Å². The molecule has 0 aliphatic rings. The van der Waals surface area contributed by atoms with Crippen molar-refractivity contribution in [2.45, 2.75) is 12.5 Å². The molecule has 4 aromatic rings. The molecule has 4 rings (SSSR count). The van der Waals surface area contributed by atoms with Gasteiger partial charge in [0.2, 0.25) is 0 Å². The average molecular weight is 390 g/mol. The monoisotopic (exact) mass is 390 g/mol. The Morgan fingerprint density at radius 3 is 2.69 bits per heavy atom. The summed E-state index contributed by atoms with van der Waals surface area (Å²) in [6, 6.07) is 13.7. The Labute approximate surface area is 165 Å². The first-order chi connectivity index (χ1) is 14.2. The Morgan fingerprint density at radius 2 is 1.97 bits per heavy atom. The minimum Gasteiger partial charge on any atom is -0.467 e. The number of tetrazole rings is 1. The molecule has 9 heteroatoms. The van der Waals surface area contributed by atoms with E-state index in [0.29, 0.717) is 12.0 Å². The minimum absolute atomic E-state index is 0.311. The number of nitrogens with zero attached hydrogens (tertiary/aromatic N) is 4. The number of amides is 1. The van der Waals surface area contributed by atoms with Crippen molar-refractivity contribution in [2.24, 2.45) is 0 Å². The molecular weight excluding hydrogens is 372 g/mol. The summed E-state index contributed by atoms with van der Waals surface area (Å²) < 4.78 is 6.37. The van der Waals surface area contributed by atoms with Crippen LogP contribution in [0.15, 0.2) is 61.1 Å². The summed E-state index contributed by atoms with van der Waals surface area (Å²) in [5.41, 5.74) is 3.02. The Morgan fingerprint density at radius 1 is 1.17 bits per heavy atom. The molecule has 1 unspecified atom stereocenters. The molecule has 0 aliphatic carbocycles. The third-order valence-electron chi connectivity index (χ3n) is 4.63. The van der Waals surface area contributed by atoms with Gasteiger partial charge in [-0.1, -0.05) is 18.2 Å². The Hall–Kier alpha value is -4.01. The molecule has 29 heavy (non-hydrogen) atoms. The van der Waals surface area contributed by atoms with Crippen LogP contribution in [0.1, 0.15) is 15.9 Å². The molecule has 146 valence electrons. The van der Waals surface area contributed by atoms with Crippen LogP contribution in [0.4, 0.5) is 0 Å². The molecule has 2 aromatic heterocycles. The third kappa shape index (κ3) is 3.84. The van der Waals surface area contributed by atoms with E-state index in [0.717, 1.165) is 22.2 Å². The van der Waals surface area contributed by atoms with Crippen LogP contribution in [-0.4, -0.2) is 50.2 Å². The molecule has 2 N–H and O–H groups in total. The topological polar surface area (TPSA) is 115 Å². The summed E-state index contributed by atoms with van der Waals surface area (Å²) in [6.07, 6.45) is 3.61. The van der Waals surface area contributed by atoms with Gasteiger partial charge in [-0.05, 0) is 46.3 Å². The number of nitrogens with one attached hydrogen (secondary N) is 2. The fraction of sp³-hybridized carbons (Fsp3) is 0.150. The van der Waals surface area contributed by atoms with Crippen molar-refractivity contribution in [3.8, 4) is 5.69 Å². The number of benzene rings is 2. The van der Waals surface area contributed by atoms with Crippen molar-refractivity contribution in [3.63, 3.8) is 0 Å². The van der Waals surface area contributed by atoms with Gasteiger partial charge >= 0.3 is 5.97 Å². The average Bonchev–Trinajstić information content (AvgIpc) is 3.43. The Balaban J connectivity index is 1.52. The minimum atomic E-state index is -0.814. The highest BCUT2D eigenvalue weighted by Gasteiger charge is 2.24. The summed E-state index contributed by atoms with van der Waals surface area (Å²) in [5.74, 6) is -0.877. The second-order valence-electron chi connectivity index (χ2n) is 6.41. The molecule has 0 fully saturated rings. The van der Waals surface area contributed by atoms with E-state index in [4.69, 9.17) is 4.74 Å². The molecule has 9 nitrogen and oxygen atoms in total. The number of carbonyl (C=O) groups excluding carboxylic acids is 2. The predicted octanol–water partition coefficient (Wildman–Crippen LogP) is 1.66. The fourth-order valence-electron chi connectivity index (χ4n) is 3.14. The van der Waals surface area contributed by atoms with E-state index in [1.807, 2.05) is 30.5 Å². The second kappa shape index (κ2) is 7.93. The van der Waals surface area contributed by atoms with Crippen LogP contribution in [0.25, 0.3) is 16.6 Å². The highest BCUT2D eigenvalue weighted by Crippen LogP contribution is 2.19. The Kier molecular flexibility index (Phi) is 5.02. The molecular formula is C20H18N6O3. The fourth-order valence-corrected chi connectivity index (χ4v) is 3.14. The molecule has 2 aromatic carbocycles. The van der Waals surface area contributed by atoms with Crippen molar-refractivity contribution >= 4 is 22.8 Å². The van der Waals surface area contributed by atoms with Crippen molar-refractivity contribution in [2.75, 3.05) is 7.11 Å². The zero-order valence-corrected chi connectivity index (χ0v) is 15.6. The smallest absolute Gasteiger partial charge is 0.328 e. The van der Waals surface area contributed by atoms with E-state index in [1.54, 1.807) is 24.3 Å². The maximum atomic E-state index is 12.7. The number of para-hydroxylation sites is 1. The van der Waals surface area contributed by atoms with E-state index in [1.165, 1.54) is 18.1 Å². The van der Waals surface area contributed by atoms with Gasteiger partial charge in [0.1, 0.15) is 12.4 Å². The number of ether oxygens (including phenoxy) is 1. The van der Waals surface area contributed by atoms with Gasteiger partial charge in [-0.3, -0.25) is 4.79 Å². The quantitative estimate of drug-likeness (QED) is 0.484. The number of rotatable bonds is 6. The first-order valence-corrected chi connectivity index (χ1v) is 8.93. The molecule has 2 heterocycles. The molecule has 0 radical (unpaired) electrons. The number of carbonyl (C=O) groups is 2. The van der Waals surface area contributed by atoms with Crippen LogP contribution < -0.4 is 5.32 Å². The molecule has 0 bridgehead atoms. The predicted molar refractivity (Wildman–Crippen MR) is 104 cm³/mol. The molecule has 1 amide bonds. The largest absolute Gasteiger partial charge is 0.467 e. The van der Waals surface area contributed by atoms with E-state index >= 15 is 0 Å². The first-order valence-electron chi connectivity index (χ1n) is 8.93. The lowest BCUT2D eigenvalue weighted by Gasteiger charge is -2.16. The maximum Gasteiger partial charge on any atom is 0.328 e. The zero-order valence-electron chi connectivity index (χ0n) is 15.6. The van der Waals surface area contributed by atoms with Crippen LogP contribution in [0.3, 0.4) is 0 Å². The van der Waals surface area contributed by atoms with Crippen molar-refractivity contribution in [1.29, 1.82) is 0 Å². The van der Waals surface area contributed by atoms with E-state index in [-0.39, 0.29) is 5.91 Å². The SMILES string of the molecule is COC(=O)C(Cc1c[nH]c2ccccc12)NC(=O)c1ccc(-n2cnnn2)cc1. The number of hydrogen-bond donors (Lipinski definition) is 2. The lowest BCUT2D eigenvalue weighted by Crippen LogP contribution is -2.43. The first kappa shape index (κ1) is 18.4. The standard InChI is InChI=1S/C20H18N6O3/c1-29-20(28)18(10-14-11-21-17-5-3-2-4-16(14)17)23-19(27)13-6-8-15(9-7-13)26-12-22-24-25-26/h2-9,11-12,18,21H,10H2,1H3,(H,23,27). The maximum absolute atomic E-state index is 12.7. The Bertz CT molecular complexity index is 1130. The van der Waals surface area contributed by atoms with Gasteiger partial charge in [0, 0.05) is 29.1 Å². The summed E-state index contributed by atoms with van der Waals surface area (Å²) in [6.45, 7) is 0. The summed E-state index contributed by atoms with van der Waals surface area (Å²) in [7, 11) is 1.30. The number of aromatic amines is 1. The van der Waals surface area contributed by atoms with Crippen molar-refractivity contribution in [1.82, 2.24) is 30.5 Å². The summed E-state index contributed by atoms with van der Waals surface area (Å²) in [4.78, 5) is 28.1. The van der Waals surface area contributed by atoms with Gasteiger partial charge in [0.15, 0.2) is 0 Å². The van der Waals surface area contributed by atoms with Crippen LogP contribution in [0, 0.1) is 0 Å². The lowest BCUT2D eigenvalue weighted by atomic mass is 10.0. The van der Waals surface area contributed by atoms with Crippen LogP contribution in [0.5, 0.6) is 0 Å². The van der Waals surface area contributed by atoms with E-state index in [9.17, 15) is 9.59 Å². The van der Waals surface area contributed by atoms with Crippen molar-refractivity contribution < 1.29 is 14.3 Å². The molecule has 0 saturated carbocycles. The van der Waals surface area contributed by atoms with E-state index in [2.05, 4.69) is 25.8 Å². The molecule has 0 spiro atoms. The lowest BCUT2D eigenvalue weighted by molar-refractivity contribution is -0.142. The normalized spacial score (nSPS) is 11.9. The van der Waals surface area contributed by atoms with Gasteiger partial charge in [0.25, 0.3) is 5.91 Å². The van der Waals surface area contributed by atoms with Crippen LogP contribution in [0.2, 0.25) is 0 Å². The highest BCUT2D eigenvalue weighted by molar-refractivity contribution is 5.97. The number of hydrogen-bond acceptors (Lipinski definition) is 6. The van der Waals surface area contributed by atoms with Crippen LogP contribution in [-0.2, 0) is 16.0 Å². The number of H-pyrrole nitrogens is 1. The number of aromatic nitrogens is 5. The second-order valence-corrected chi connectivity index (χ2v) is 6.41. The third-order valence-corrected chi connectivity index (χ3v) is 4.63. The summed E-state index contributed by atoms with van der Waals surface area (Å²) >= 11 is 0. The number of methoxy groups -OCH3 is 1. The highest BCUT2D eigenvalue weighted by atomic mass is 16.5.